The molecule has 6 heteroatoms. The quantitative estimate of drug-likeness (QED) is 0.711. The van der Waals surface area contributed by atoms with Crippen molar-refractivity contribution in [3.05, 3.63) is 76.6 Å². The first-order chi connectivity index (χ1) is 13.4. The molecule has 0 spiro atoms. The highest BCUT2D eigenvalue weighted by Crippen LogP contribution is 2.26. The lowest BCUT2D eigenvalue weighted by Gasteiger charge is -2.18. The van der Waals surface area contributed by atoms with Gasteiger partial charge in [-0.15, -0.1) is 0 Å². The number of carbonyl (C=O) groups is 1. The number of carbonyl (C=O) groups excluding carboxylic acids is 1. The van der Waals surface area contributed by atoms with E-state index in [4.69, 9.17) is 4.74 Å². The van der Waals surface area contributed by atoms with E-state index >= 15 is 0 Å². The van der Waals surface area contributed by atoms with Crippen LogP contribution in [-0.2, 0) is 13.1 Å². The van der Waals surface area contributed by atoms with E-state index < -0.39 is 0 Å². The predicted octanol–water partition coefficient (Wildman–Crippen LogP) is 3.53. The standard InChI is InChI=1S/C22H25N3O3/c1-15-11-16(2)25(23-15)14-17-5-8-19(9-6-17)22(27)24(3)13-18-7-10-21(28-4)20(26)12-18/h5-12,26H,13-14H2,1-4H3. The smallest absolute Gasteiger partial charge is 0.253 e. The zero-order chi connectivity index (χ0) is 20.3. The number of ether oxygens (including phenoxy) is 1. The Balaban J connectivity index is 1.66. The number of rotatable bonds is 6. The molecule has 6 nitrogen and oxygen atoms in total. The summed E-state index contributed by atoms with van der Waals surface area (Å²) < 4.78 is 7.00. The number of phenols is 1. The van der Waals surface area contributed by atoms with E-state index in [9.17, 15) is 9.90 Å². The summed E-state index contributed by atoms with van der Waals surface area (Å²) in [7, 11) is 3.25. The maximum absolute atomic E-state index is 12.7. The summed E-state index contributed by atoms with van der Waals surface area (Å²) in [6.07, 6.45) is 0. The molecule has 2 aromatic carbocycles. The lowest BCUT2D eigenvalue weighted by molar-refractivity contribution is 0.0785. The summed E-state index contributed by atoms with van der Waals surface area (Å²) in [5, 5.41) is 14.4. The van der Waals surface area contributed by atoms with Gasteiger partial charge in [0.05, 0.1) is 19.3 Å². The second-order valence-corrected chi connectivity index (χ2v) is 6.95. The third kappa shape index (κ3) is 4.34. The van der Waals surface area contributed by atoms with Crippen molar-refractivity contribution < 1.29 is 14.6 Å². The number of benzene rings is 2. The molecule has 0 atom stereocenters. The number of methoxy groups -OCH3 is 1. The Kier molecular flexibility index (Phi) is 5.68. The van der Waals surface area contributed by atoms with Crippen molar-refractivity contribution in [2.45, 2.75) is 26.9 Å². The van der Waals surface area contributed by atoms with Gasteiger partial charge in [-0.25, -0.2) is 0 Å². The first-order valence-corrected chi connectivity index (χ1v) is 9.08. The largest absolute Gasteiger partial charge is 0.504 e. The predicted molar refractivity (Wildman–Crippen MR) is 108 cm³/mol. The van der Waals surface area contributed by atoms with Gasteiger partial charge >= 0.3 is 0 Å². The van der Waals surface area contributed by atoms with Crippen LogP contribution < -0.4 is 4.74 Å². The highest BCUT2D eigenvalue weighted by atomic mass is 16.5. The second-order valence-electron chi connectivity index (χ2n) is 6.95. The van der Waals surface area contributed by atoms with Gasteiger partial charge in [0.15, 0.2) is 11.5 Å². The molecule has 0 radical (unpaired) electrons. The monoisotopic (exact) mass is 379 g/mol. The molecule has 3 aromatic rings. The highest BCUT2D eigenvalue weighted by Gasteiger charge is 2.13. The van der Waals surface area contributed by atoms with Crippen molar-refractivity contribution in [2.75, 3.05) is 14.2 Å². The van der Waals surface area contributed by atoms with Gasteiger partial charge in [0.2, 0.25) is 0 Å². The molecule has 1 heterocycles. The average Bonchev–Trinajstić information content (AvgIpc) is 2.98. The molecular weight excluding hydrogens is 354 g/mol. The molecule has 0 unspecified atom stereocenters. The molecule has 1 aromatic heterocycles. The maximum atomic E-state index is 12.7. The highest BCUT2D eigenvalue weighted by molar-refractivity contribution is 5.94. The van der Waals surface area contributed by atoms with Crippen LogP contribution in [0.15, 0.2) is 48.5 Å². The molecule has 0 aliphatic rings. The minimum Gasteiger partial charge on any atom is -0.504 e. The van der Waals surface area contributed by atoms with Gasteiger partial charge in [0, 0.05) is 24.8 Å². The van der Waals surface area contributed by atoms with Crippen LogP contribution in [0.25, 0.3) is 0 Å². The van der Waals surface area contributed by atoms with Gasteiger partial charge in [0.25, 0.3) is 5.91 Å². The number of nitrogens with zero attached hydrogens (tertiary/aromatic N) is 3. The zero-order valence-electron chi connectivity index (χ0n) is 16.6. The van der Waals surface area contributed by atoms with Crippen LogP contribution >= 0.6 is 0 Å². The lowest BCUT2D eigenvalue weighted by atomic mass is 10.1. The summed E-state index contributed by atoms with van der Waals surface area (Å²) in [6, 6.07) is 14.8. The molecule has 0 aliphatic heterocycles. The minimum absolute atomic E-state index is 0.0642. The summed E-state index contributed by atoms with van der Waals surface area (Å²) in [5.74, 6) is 0.401. The number of aromatic nitrogens is 2. The SMILES string of the molecule is COc1ccc(CN(C)C(=O)c2ccc(Cn3nc(C)cc3C)cc2)cc1O. The van der Waals surface area contributed by atoms with E-state index in [1.165, 1.54) is 7.11 Å². The van der Waals surface area contributed by atoms with E-state index in [2.05, 4.69) is 5.10 Å². The van der Waals surface area contributed by atoms with Gasteiger partial charge in [-0.05, 0) is 55.3 Å². The average molecular weight is 379 g/mol. The van der Waals surface area contributed by atoms with Crippen LogP contribution in [0, 0.1) is 13.8 Å². The number of aryl methyl sites for hydroxylation is 2. The van der Waals surface area contributed by atoms with Crippen LogP contribution in [0.2, 0.25) is 0 Å². The fourth-order valence-corrected chi connectivity index (χ4v) is 3.16. The fraction of sp³-hybridized carbons (Fsp3) is 0.273. The van der Waals surface area contributed by atoms with Gasteiger partial charge in [-0.2, -0.15) is 5.10 Å². The van der Waals surface area contributed by atoms with Crippen molar-refractivity contribution in [3.8, 4) is 11.5 Å². The third-order valence-electron chi connectivity index (χ3n) is 4.65. The summed E-state index contributed by atoms with van der Waals surface area (Å²) in [6.45, 7) is 5.08. The molecule has 0 fully saturated rings. The van der Waals surface area contributed by atoms with Gasteiger partial charge in [-0.3, -0.25) is 9.48 Å². The lowest BCUT2D eigenvalue weighted by Crippen LogP contribution is -2.26. The van der Waals surface area contributed by atoms with Crippen molar-refractivity contribution in [2.24, 2.45) is 0 Å². The third-order valence-corrected chi connectivity index (χ3v) is 4.65. The molecular formula is C22H25N3O3. The number of hydrogen-bond donors (Lipinski definition) is 1. The Bertz CT molecular complexity index is 977. The molecule has 3 rings (SSSR count). The summed E-state index contributed by atoms with van der Waals surface area (Å²) in [5.41, 5.74) is 4.65. The Morgan fingerprint density at radius 1 is 1.11 bits per heavy atom. The summed E-state index contributed by atoms with van der Waals surface area (Å²) in [4.78, 5) is 14.3. The van der Waals surface area contributed by atoms with E-state index in [0.717, 1.165) is 22.5 Å². The minimum atomic E-state index is -0.0760. The summed E-state index contributed by atoms with van der Waals surface area (Å²) >= 11 is 0. The van der Waals surface area contributed by atoms with E-state index in [1.54, 1.807) is 24.1 Å². The van der Waals surface area contributed by atoms with Gasteiger partial charge in [-0.1, -0.05) is 18.2 Å². The molecule has 1 N–H and O–H groups in total. The van der Waals surface area contributed by atoms with Gasteiger partial charge < -0.3 is 14.7 Å². The van der Waals surface area contributed by atoms with E-state index in [-0.39, 0.29) is 11.7 Å². The number of aromatic hydroxyl groups is 1. The van der Waals surface area contributed by atoms with Crippen LogP contribution in [0.1, 0.15) is 32.9 Å². The molecule has 28 heavy (non-hydrogen) atoms. The first kappa shape index (κ1) is 19.5. The topological polar surface area (TPSA) is 67.6 Å². The van der Waals surface area contributed by atoms with Crippen molar-refractivity contribution in [1.29, 1.82) is 0 Å². The normalized spacial score (nSPS) is 10.7. The Labute approximate surface area is 165 Å². The molecule has 146 valence electrons. The molecule has 0 bridgehead atoms. The van der Waals surface area contributed by atoms with Crippen LogP contribution in [0.5, 0.6) is 11.5 Å². The Hall–Kier alpha value is -3.28. The molecule has 0 saturated carbocycles. The Morgan fingerprint density at radius 3 is 2.36 bits per heavy atom. The van der Waals surface area contributed by atoms with Gasteiger partial charge in [0.1, 0.15) is 0 Å². The number of amides is 1. The van der Waals surface area contributed by atoms with Crippen molar-refractivity contribution in [1.82, 2.24) is 14.7 Å². The zero-order valence-corrected chi connectivity index (χ0v) is 16.6. The van der Waals surface area contributed by atoms with E-state index in [0.29, 0.717) is 24.4 Å². The second kappa shape index (κ2) is 8.17. The number of phenolic OH excluding ortho intramolecular Hbond substituents is 1. The first-order valence-electron chi connectivity index (χ1n) is 9.08. The molecule has 0 aliphatic carbocycles. The molecule has 0 saturated heterocycles. The van der Waals surface area contributed by atoms with E-state index in [1.807, 2.05) is 54.9 Å². The number of hydrogen-bond acceptors (Lipinski definition) is 4. The van der Waals surface area contributed by atoms with Crippen LogP contribution in [0.3, 0.4) is 0 Å². The van der Waals surface area contributed by atoms with Crippen LogP contribution in [0.4, 0.5) is 0 Å². The van der Waals surface area contributed by atoms with Crippen molar-refractivity contribution >= 4 is 5.91 Å². The Morgan fingerprint density at radius 2 is 1.79 bits per heavy atom. The molecule has 1 amide bonds. The van der Waals surface area contributed by atoms with Crippen molar-refractivity contribution in [3.63, 3.8) is 0 Å². The maximum Gasteiger partial charge on any atom is 0.253 e. The van der Waals surface area contributed by atoms with Crippen LogP contribution in [-0.4, -0.2) is 39.9 Å². The fourth-order valence-electron chi connectivity index (χ4n) is 3.16.